The van der Waals surface area contributed by atoms with Crippen LogP contribution in [-0.4, -0.2) is 83.6 Å². The topological polar surface area (TPSA) is 149 Å². The van der Waals surface area contributed by atoms with Crippen LogP contribution >= 0.6 is 0 Å². The van der Waals surface area contributed by atoms with Gasteiger partial charge in [0.2, 0.25) is 17.8 Å². The van der Waals surface area contributed by atoms with Crippen molar-refractivity contribution in [1.82, 2.24) is 29.8 Å². The summed E-state index contributed by atoms with van der Waals surface area (Å²) in [5.41, 5.74) is 1.42. The van der Waals surface area contributed by atoms with E-state index in [0.717, 1.165) is 24.4 Å². The number of ether oxygens (including phenoxy) is 3. The maximum Gasteiger partial charge on any atom is 0.251 e. The second-order valence-corrected chi connectivity index (χ2v) is 9.02. The summed E-state index contributed by atoms with van der Waals surface area (Å²) >= 11 is 0. The average Bonchev–Trinajstić information content (AvgIpc) is 3.54. The molecule has 0 atom stereocenters. The van der Waals surface area contributed by atoms with E-state index >= 15 is 0 Å². The van der Waals surface area contributed by atoms with Crippen LogP contribution in [0, 0.1) is 0 Å². The standard InChI is InChI=1S/C29H37N9O4/c1-40-25-10-5-9-24(21-25)34-29-36-27(32-11-6-15-38-16-12-30-22-38)35-28(37-29)33-14-18-42-20-19-41-17-13-31-26(39)23-7-3-2-4-8-23/h2-5,7-10,12,16,21-22H,6,11,13-15,17-20H2,1H3,(H,31,39)(H3,32,33,34,35,36,37). The fourth-order valence-electron chi connectivity index (χ4n) is 3.79. The van der Waals surface area contributed by atoms with E-state index in [2.05, 4.69) is 41.2 Å². The molecule has 0 spiro atoms. The summed E-state index contributed by atoms with van der Waals surface area (Å²) in [6.45, 7) is 4.14. The van der Waals surface area contributed by atoms with Gasteiger partial charge in [0.05, 0.1) is 39.9 Å². The zero-order valence-corrected chi connectivity index (χ0v) is 23.7. The first-order chi connectivity index (χ1) is 20.7. The van der Waals surface area contributed by atoms with E-state index < -0.39 is 0 Å². The third-order valence-electron chi connectivity index (χ3n) is 5.87. The molecule has 4 rings (SSSR count). The molecule has 222 valence electrons. The molecule has 0 saturated carbocycles. The van der Waals surface area contributed by atoms with Gasteiger partial charge in [-0.15, -0.1) is 0 Å². The van der Waals surface area contributed by atoms with Crippen LogP contribution in [0.3, 0.4) is 0 Å². The highest BCUT2D eigenvalue weighted by Crippen LogP contribution is 2.20. The largest absolute Gasteiger partial charge is 0.497 e. The van der Waals surface area contributed by atoms with E-state index in [9.17, 15) is 4.79 Å². The van der Waals surface area contributed by atoms with Gasteiger partial charge in [-0.05, 0) is 30.7 Å². The Bertz CT molecular complexity index is 1340. The Kier molecular flexibility index (Phi) is 12.3. The summed E-state index contributed by atoms with van der Waals surface area (Å²) in [6.07, 6.45) is 6.36. The number of hydrogen-bond donors (Lipinski definition) is 4. The van der Waals surface area contributed by atoms with E-state index in [4.69, 9.17) is 14.2 Å². The second kappa shape index (κ2) is 17.1. The predicted molar refractivity (Wildman–Crippen MR) is 160 cm³/mol. The maximum atomic E-state index is 12.0. The third-order valence-corrected chi connectivity index (χ3v) is 5.87. The number of aryl methyl sites for hydroxylation is 1. The molecule has 2 heterocycles. The molecule has 13 nitrogen and oxygen atoms in total. The minimum absolute atomic E-state index is 0.116. The van der Waals surface area contributed by atoms with Crippen LogP contribution in [0.4, 0.5) is 23.5 Å². The van der Waals surface area contributed by atoms with Crippen molar-refractivity contribution in [2.75, 3.05) is 69.1 Å². The highest BCUT2D eigenvalue weighted by atomic mass is 16.5. The number of carbonyl (C=O) groups is 1. The molecule has 42 heavy (non-hydrogen) atoms. The molecule has 0 aliphatic heterocycles. The molecule has 2 aromatic carbocycles. The number of anilines is 4. The molecule has 0 aliphatic rings. The van der Waals surface area contributed by atoms with Crippen molar-refractivity contribution in [1.29, 1.82) is 0 Å². The normalized spacial score (nSPS) is 10.7. The maximum absolute atomic E-state index is 12.0. The molecule has 0 radical (unpaired) electrons. The molecule has 0 saturated heterocycles. The zero-order valence-electron chi connectivity index (χ0n) is 23.7. The molecule has 0 bridgehead atoms. The first-order valence-corrected chi connectivity index (χ1v) is 13.8. The Morgan fingerprint density at radius 1 is 0.833 bits per heavy atom. The van der Waals surface area contributed by atoms with Crippen LogP contribution in [0.25, 0.3) is 0 Å². The highest BCUT2D eigenvalue weighted by molar-refractivity contribution is 5.94. The number of benzene rings is 2. The Hall–Kier alpha value is -4.75. The molecule has 1 amide bonds. The van der Waals surface area contributed by atoms with Crippen LogP contribution in [0.2, 0.25) is 0 Å². The molecule has 13 heteroatoms. The zero-order chi connectivity index (χ0) is 29.2. The van der Waals surface area contributed by atoms with Gasteiger partial charge in [-0.25, -0.2) is 4.98 Å². The lowest BCUT2D eigenvalue weighted by Crippen LogP contribution is -2.27. The van der Waals surface area contributed by atoms with Gasteiger partial charge in [0.15, 0.2) is 0 Å². The van der Waals surface area contributed by atoms with Crippen molar-refractivity contribution in [3.05, 3.63) is 78.9 Å². The first-order valence-electron chi connectivity index (χ1n) is 13.8. The molecule has 0 unspecified atom stereocenters. The van der Waals surface area contributed by atoms with Gasteiger partial charge < -0.3 is 40.0 Å². The highest BCUT2D eigenvalue weighted by Gasteiger charge is 2.08. The summed E-state index contributed by atoms with van der Waals surface area (Å²) in [5, 5.41) is 12.5. The molecule has 0 aliphatic carbocycles. The molecule has 2 aromatic heterocycles. The van der Waals surface area contributed by atoms with Gasteiger partial charge in [0.25, 0.3) is 5.91 Å². The summed E-state index contributed by atoms with van der Waals surface area (Å²) in [6, 6.07) is 16.6. The van der Waals surface area contributed by atoms with Crippen molar-refractivity contribution in [2.24, 2.45) is 0 Å². The van der Waals surface area contributed by atoms with Crippen LogP contribution in [-0.2, 0) is 16.0 Å². The van der Waals surface area contributed by atoms with E-state index in [0.29, 0.717) is 69.5 Å². The summed E-state index contributed by atoms with van der Waals surface area (Å²) in [4.78, 5) is 29.6. The number of nitrogens with one attached hydrogen (secondary N) is 4. The Morgan fingerprint density at radius 3 is 2.31 bits per heavy atom. The number of hydrogen-bond acceptors (Lipinski definition) is 11. The SMILES string of the molecule is COc1cccc(Nc2nc(NCCCn3ccnc3)nc(NCCOCCOCCNC(=O)c3ccccc3)n2)c1. The van der Waals surface area contributed by atoms with Gasteiger partial charge in [0.1, 0.15) is 5.75 Å². The minimum Gasteiger partial charge on any atom is -0.497 e. The second-order valence-electron chi connectivity index (χ2n) is 9.02. The van der Waals surface area contributed by atoms with Gasteiger partial charge >= 0.3 is 0 Å². The summed E-state index contributed by atoms with van der Waals surface area (Å²) < 4.78 is 18.5. The van der Waals surface area contributed by atoms with Crippen molar-refractivity contribution in [3.8, 4) is 5.75 Å². The first kappa shape index (κ1) is 30.2. The smallest absolute Gasteiger partial charge is 0.251 e. The lowest BCUT2D eigenvalue weighted by Gasteiger charge is -2.12. The fraction of sp³-hybridized carbons (Fsp3) is 0.345. The average molecular weight is 576 g/mol. The number of methoxy groups -OCH3 is 1. The number of rotatable bonds is 19. The van der Waals surface area contributed by atoms with E-state index in [1.54, 1.807) is 31.8 Å². The number of amides is 1. The predicted octanol–water partition coefficient (Wildman–Crippen LogP) is 3.20. The number of nitrogens with zero attached hydrogens (tertiary/aromatic N) is 5. The van der Waals surface area contributed by atoms with Crippen LogP contribution in [0.15, 0.2) is 73.3 Å². The number of carbonyl (C=O) groups excluding carboxylic acids is 1. The van der Waals surface area contributed by atoms with E-state index in [1.165, 1.54) is 0 Å². The van der Waals surface area contributed by atoms with Crippen LogP contribution in [0.5, 0.6) is 5.75 Å². The van der Waals surface area contributed by atoms with E-state index in [1.807, 2.05) is 53.2 Å². The van der Waals surface area contributed by atoms with Gasteiger partial charge in [-0.3, -0.25) is 4.79 Å². The minimum atomic E-state index is -0.116. The molecular weight excluding hydrogens is 538 g/mol. The van der Waals surface area contributed by atoms with Crippen molar-refractivity contribution >= 4 is 29.4 Å². The Morgan fingerprint density at radius 2 is 1.57 bits per heavy atom. The number of imidazole rings is 1. The van der Waals surface area contributed by atoms with Crippen molar-refractivity contribution < 1.29 is 19.0 Å². The van der Waals surface area contributed by atoms with Crippen LogP contribution < -0.4 is 26.0 Å². The molecular formula is C29H37N9O4. The van der Waals surface area contributed by atoms with Crippen molar-refractivity contribution in [2.45, 2.75) is 13.0 Å². The lowest BCUT2D eigenvalue weighted by atomic mass is 10.2. The molecule has 0 fully saturated rings. The fourth-order valence-corrected chi connectivity index (χ4v) is 3.79. The lowest BCUT2D eigenvalue weighted by molar-refractivity contribution is 0.0519. The van der Waals surface area contributed by atoms with Gasteiger partial charge in [-0.2, -0.15) is 15.0 Å². The Labute approximate surface area is 245 Å². The van der Waals surface area contributed by atoms with E-state index in [-0.39, 0.29) is 5.91 Å². The molecule has 4 N–H and O–H groups in total. The van der Waals surface area contributed by atoms with Gasteiger partial charge in [-0.1, -0.05) is 24.3 Å². The monoisotopic (exact) mass is 575 g/mol. The van der Waals surface area contributed by atoms with Crippen LogP contribution in [0.1, 0.15) is 16.8 Å². The third kappa shape index (κ3) is 10.7. The molecule has 4 aromatic rings. The number of aromatic nitrogens is 5. The quantitative estimate of drug-likeness (QED) is 0.122. The van der Waals surface area contributed by atoms with Gasteiger partial charge in [0, 0.05) is 55.9 Å². The summed E-state index contributed by atoms with van der Waals surface area (Å²) in [7, 11) is 1.62. The van der Waals surface area contributed by atoms with Crippen molar-refractivity contribution in [3.63, 3.8) is 0 Å². The summed E-state index contributed by atoms with van der Waals surface area (Å²) in [5.74, 6) is 1.88. The Balaban J connectivity index is 1.17.